The first-order valence-electron chi connectivity index (χ1n) is 6.31. The molecule has 0 unspecified atom stereocenters. The summed E-state index contributed by atoms with van der Waals surface area (Å²) in [6, 6.07) is 7.90. The van der Waals surface area contributed by atoms with Gasteiger partial charge in [0, 0.05) is 13.5 Å². The summed E-state index contributed by atoms with van der Waals surface area (Å²) in [6.07, 6.45) is 0.948. The number of hydrogen-bond acceptors (Lipinski definition) is 2. The van der Waals surface area contributed by atoms with E-state index in [1.165, 1.54) is 25.8 Å². The third kappa shape index (κ3) is 3.56. The van der Waals surface area contributed by atoms with Crippen LogP contribution in [0.2, 0.25) is 0 Å². The first-order chi connectivity index (χ1) is 8.76. The van der Waals surface area contributed by atoms with Crippen LogP contribution in [0.3, 0.4) is 0 Å². The number of likely N-dealkylation sites (N-methyl/N-ethyl adjacent to an activating group) is 1. The number of aryl methyl sites for hydroxylation is 2. The molecule has 0 bridgehead atoms. The molecule has 0 saturated heterocycles. The normalized spacial score (nSPS) is 11.2. The quantitative estimate of drug-likeness (QED) is 0.886. The number of rotatable bonds is 5. The van der Waals surface area contributed by atoms with Crippen molar-refractivity contribution in [1.82, 2.24) is 4.90 Å². The second-order valence-corrected chi connectivity index (χ2v) is 5.24. The third-order valence-electron chi connectivity index (χ3n) is 3.61. The second kappa shape index (κ2) is 5.87. The zero-order chi connectivity index (χ0) is 14.6. The minimum absolute atomic E-state index is 0.157. The van der Waals surface area contributed by atoms with Crippen LogP contribution >= 0.6 is 0 Å². The molecule has 0 heterocycles. The lowest BCUT2D eigenvalue weighted by Crippen LogP contribution is -2.50. The van der Waals surface area contributed by atoms with E-state index in [2.05, 4.69) is 0 Å². The van der Waals surface area contributed by atoms with Gasteiger partial charge < -0.3 is 10.0 Å². The molecule has 0 saturated carbocycles. The Balaban J connectivity index is 2.66. The molecule has 0 aliphatic heterocycles. The molecule has 4 heteroatoms. The number of carboxylic acids is 1. The molecule has 0 atom stereocenters. The Labute approximate surface area is 114 Å². The fourth-order valence-electron chi connectivity index (χ4n) is 1.76. The highest BCUT2D eigenvalue weighted by Crippen LogP contribution is 2.16. The summed E-state index contributed by atoms with van der Waals surface area (Å²) in [4.78, 5) is 24.4. The topological polar surface area (TPSA) is 57.6 Å². The summed E-state index contributed by atoms with van der Waals surface area (Å²) in [5, 5.41) is 9.10. The van der Waals surface area contributed by atoms with E-state index in [1.54, 1.807) is 0 Å². The predicted molar refractivity (Wildman–Crippen MR) is 74.0 cm³/mol. The summed E-state index contributed by atoms with van der Waals surface area (Å²) < 4.78 is 0. The van der Waals surface area contributed by atoms with Crippen LogP contribution in [0, 0.1) is 6.92 Å². The van der Waals surface area contributed by atoms with Crippen LogP contribution < -0.4 is 0 Å². The lowest BCUT2D eigenvalue weighted by Gasteiger charge is -2.31. The van der Waals surface area contributed by atoms with Crippen molar-refractivity contribution in [3.63, 3.8) is 0 Å². The predicted octanol–water partition coefficient (Wildman–Crippen LogP) is 2.25. The third-order valence-corrected chi connectivity index (χ3v) is 3.61. The van der Waals surface area contributed by atoms with Crippen molar-refractivity contribution in [2.75, 3.05) is 7.05 Å². The maximum absolute atomic E-state index is 12.0. The summed E-state index contributed by atoms with van der Waals surface area (Å²) in [5.41, 5.74) is 1.09. The summed E-state index contributed by atoms with van der Waals surface area (Å²) >= 11 is 0. The van der Waals surface area contributed by atoms with Gasteiger partial charge in [0.2, 0.25) is 5.91 Å². The minimum atomic E-state index is -1.18. The van der Waals surface area contributed by atoms with Gasteiger partial charge in [-0.2, -0.15) is 0 Å². The maximum atomic E-state index is 12.0. The van der Waals surface area contributed by atoms with Gasteiger partial charge in [0.25, 0.3) is 0 Å². The van der Waals surface area contributed by atoms with Gasteiger partial charge in [-0.1, -0.05) is 24.3 Å². The molecule has 0 aliphatic rings. The Kier molecular flexibility index (Phi) is 4.70. The highest BCUT2D eigenvalue weighted by atomic mass is 16.4. The van der Waals surface area contributed by atoms with E-state index >= 15 is 0 Å². The van der Waals surface area contributed by atoms with E-state index < -0.39 is 11.5 Å². The average molecular weight is 263 g/mol. The Morgan fingerprint density at radius 1 is 1.26 bits per heavy atom. The molecule has 0 radical (unpaired) electrons. The van der Waals surface area contributed by atoms with E-state index in [0.29, 0.717) is 12.8 Å². The average Bonchev–Trinajstić information content (AvgIpc) is 2.36. The molecule has 0 fully saturated rings. The molecule has 0 spiro atoms. The summed E-state index contributed by atoms with van der Waals surface area (Å²) in [6.45, 7) is 5.06. The SMILES string of the molecule is Cc1ccccc1CCC(=O)N(C)C(C)(C)C(=O)O. The monoisotopic (exact) mass is 263 g/mol. The second-order valence-electron chi connectivity index (χ2n) is 5.24. The van der Waals surface area contributed by atoms with Crippen molar-refractivity contribution >= 4 is 11.9 Å². The Morgan fingerprint density at radius 2 is 1.84 bits per heavy atom. The van der Waals surface area contributed by atoms with Crippen molar-refractivity contribution in [3.8, 4) is 0 Å². The number of aliphatic carboxylic acids is 1. The number of carbonyl (C=O) groups is 2. The van der Waals surface area contributed by atoms with E-state index in [-0.39, 0.29) is 5.91 Å². The van der Waals surface area contributed by atoms with Crippen molar-refractivity contribution < 1.29 is 14.7 Å². The zero-order valence-electron chi connectivity index (χ0n) is 11.9. The van der Waals surface area contributed by atoms with Crippen molar-refractivity contribution in [2.45, 2.75) is 39.2 Å². The molecule has 1 rings (SSSR count). The van der Waals surface area contributed by atoms with Gasteiger partial charge in [0.15, 0.2) is 0 Å². The molecule has 1 aromatic rings. The molecule has 0 aliphatic carbocycles. The molecule has 1 N–H and O–H groups in total. The van der Waals surface area contributed by atoms with Crippen LogP contribution in [-0.4, -0.2) is 34.5 Å². The minimum Gasteiger partial charge on any atom is -0.480 e. The van der Waals surface area contributed by atoms with Crippen molar-refractivity contribution in [1.29, 1.82) is 0 Å². The van der Waals surface area contributed by atoms with Gasteiger partial charge in [-0.3, -0.25) is 4.79 Å². The smallest absolute Gasteiger partial charge is 0.329 e. The van der Waals surface area contributed by atoms with Gasteiger partial charge in [0.1, 0.15) is 5.54 Å². The van der Waals surface area contributed by atoms with Gasteiger partial charge in [0.05, 0.1) is 0 Å². The van der Waals surface area contributed by atoms with Gasteiger partial charge >= 0.3 is 5.97 Å². The number of benzene rings is 1. The van der Waals surface area contributed by atoms with Crippen molar-refractivity contribution in [2.24, 2.45) is 0 Å². The van der Waals surface area contributed by atoms with Gasteiger partial charge in [-0.15, -0.1) is 0 Å². The number of amides is 1. The zero-order valence-corrected chi connectivity index (χ0v) is 11.9. The standard InChI is InChI=1S/C15H21NO3/c1-11-7-5-6-8-12(11)9-10-13(17)16(4)15(2,3)14(18)19/h5-8H,9-10H2,1-4H3,(H,18,19). The first kappa shape index (κ1) is 15.2. The molecular weight excluding hydrogens is 242 g/mol. The number of nitrogens with zero attached hydrogens (tertiary/aromatic N) is 1. The highest BCUT2D eigenvalue weighted by molar-refractivity contribution is 5.86. The Morgan fingerprint density at radius 3 is 2.37 bits per heavy atom. The fourth-order valence-corrected chi connectivity index (χ4v) is 1.76. The molecule has 4 nitrogen and oxygen atoms in total. The molecular formula is C15H21NO3. The number of carbonyl (C=O) groups excluding carboxylic acids is 1. The summed E-state index contributed by atoms with van der Waals surface area (Å²) in [5.74, 6) is -1.16. The van der Waals surface area contributed by atoms with Gasteiger partial charge in [-0.25, -0.2) is 4.79 Å². The summed E-state index contributed by atoms with van der Waals surface area (Å²) in [7, 11) is 1.54. The van der Waals surface area contributed by atoms with Crippen LogP contribution in [-0.2, 0) is 16.0 Å². The van der Waals surface area contributed by atoms with E-state index in [1.807, 2.05) is 31.2 Å². The van der Waals surface area contributed by atoms with E-state index in [0.717, 1.165) is 11.1 Å². The molecule has 1 aromatic carbocycles. The maximum Gasteiger partial charge on any atom is 0.329 e. The van der Waals surface area contributed by atoms with Crippen molar-refractivity contribution in [3.05, 3.63) is 35.4 Å². The molecule has 104 valence electrons. The van der Waals surface area contributed by atoms with Gasteiger partial charge in [-0.05, 0) is 38.3 Å². The molecule has 1 amide bonds. The van der Waals surface area contributed by atoms with Crippen LogP contribution in [0.15, 0.2) is 24.3 Å². The molecule has 19 heavy (non-hydrogen) atoms. The lowest BCUT2D eigenvalue weighted by molar-refractivity contribution is -0.155. The number of carboxylic acid groups (broad SMARTS) is 1. The Bertz CT molecular complexity index is 480. The molecule has 0 aromatic heterocycles. The van der Waals surface area contributed by atoms with E-state index in [9.17, 15) is 9.59 Å². The lowest BCUT2D eigenvalue weighted by atomic mass is 10.0. The highest BCUT2D eigenvalue weighted by Gasteiger charge is 2.34. The van der Waals surface area contributed by atoms with Crippen LogP contribution in [0.1, 0.15) is 31.4 Å². The first-order valence-corrected chi connectivity index (χ1v) is 6.31. The largest absolute Gasteiger partial charge is 0.480 e. The Hall–Kier alpha value is -1.84. The van der Waals surface area contributed by atoms with E-state index in [4.69, 9.17) is 5.11 Å². The number of hydrogen-bond donors (Lipinski definition) is 1. The van der Waals surface area contributed by atoms with Crippen LogP contribution in [0.5, 0.6) is 0 Å². The van der Waals surface area contributed by atoms with Crippen LogP contribution in [0.25, 0.3) is 0 Å². The van der Waals surface area contributed by atoms with Crippen LogP contribution in [0.4, 0.5) is 0 Å². The fraction of sp³-hybridized carbons (Fsp3) is 0.467.